The van der Waals surface area contributed by atoms with Gasteiger partial charge in [0.15, 0.2) is 5.75 Å². The molecule has 1 aromatic carbocycles. The number of hydrogen-bond acceptors (Lipinski definition) is 4. The largest absolute Gasteiger partial charge is 0.493 e. The fraction of sp³-hybridized carbons (Fsp3) is 0.125. The van der Waals surface area contributed by atoms with Crippen LogP contribution in [0.4, 0.5) is 5.69 Å². The molecule has 2 N–H and O–H groups in total. The van der Waals surface area contributed by atoms with E-state index in [4.69, 9.17) is 16.3 Å². The lowest BCUT2D eigenvalue weighted by molar-refractivity contribution is 0.416. The lowest BCUT2D eigenvalue weighted by Gasteiger charge is -2.12. The van der Waals surface area contributed by atoms with Crippen molar-refractivity contribution >= 4 is 17.3 Å². The van der Waals surface area contributed by atoms with E-state index in [-0.39, 0.29) is 0 Å². The summed E-state index contributed by atoms with van der Waals surface area (Å²) in [5, 5.41) is 11.0. The van der Waals surface area contributed by atoms with Crippen LogP contribution in [-0.4, -0.2) is 22.3 Å². The van der Waals surface area contributed by atoms with Gasteiger partial charge in [-0.2, -0.15) is 5.10 Å². The summed E-state index contributed by atoms with van der Waals surface area (Å²) in [7, 11) is 1.60. The number of nitrogens with zero attached hydrogens (tertiary/aromatic N) is 2. The summed E-state index contributed by atoms with van der Waals surface area (Å²) in [5.74, 6) is 0.635. The van der Waals surface area contributed by atoms with Crippen molar-refractivity contribution in [2.24, 2.45) is 0 Å². The fourth-order valence-corrected chi connectivity index (χ4v) is 2.50. The number of aromatic amines is 1. The molecule has 0 spiro atoms. The number of aromatic nitrogens is 3. The number of anilines is 1. The predicted molar refractivity (Wildman–Crippen MR) is 87.1 cm³/mol. The molecule has 112 valence electrons. The van der Waals surface area contributed by atoms with Crippen molar-refractivity contribution in [3.05, 3.63) is 59.5 Å². The lowest BCUT2D eigenvalue weighted by Crippen LogP contribution is -2.02. The minimum atomic E-state index is 0.576. The summed E-state index contributed by atoms with van der Waals surface area (Å²) in [6, 6.07) is 9.49. The maximum atomic E-state index is 6.13. The molecule has 0 saturated carbocycles. The van der Waals surface area contributed by atoms with Crippen molar-refractivity contribution in [1.82, 2.24) is 15.2 Å². The van der Waals surface area contributed by atoms with Crippen molar-refractivity contribution in [3.63, 3.8) is 0 Å². The van der Waals surface area contributed by atoms with Crippen LogP contribution in [0.15, 0.2) is 48.9 Å². The summed E-state index contributed by atoms with van der Waals surface area (Å²) >= 11 is 6.13. The molecule has 5 nitrogen and oxygen atoms in total. The fourth-order valence-electron chi connectivity index (χ4n) is 2.25. The quantitative estimate of drug-likeness (QED) is 0.753. The molecule has 0 amide bonds. The van der Waals surface area contributed by atoms with E-state index in [0.29, 0.717) is 17.3 Å². The summed E-state index contributed by atoms with van der Waals surface area (Å²) in [6.45, 7) is 0.595. The second-order valence-corrected chi connectivity index (χ2v) is 5.09. The van der Waals surface area contributed by atoms with Gasteiger partial charge in [0.1, 0.15) is 0 Å². The number of nitrogens with one attached hydrogen (secondary N) is 2. The Kier molecular flexibility index (Phi) is 4.25. The summed E-state index contributed by atoms with van der Waals surface area (Å²) in [6.07, 6.45) is 5.35. The molecule has 0 aliphatic rings. The first-order chi connectivity index (χ1) is 10.8. The zero-order valence-electron chi connectivity index (χ0n) is 12.0. The van der Waals surface area contributed by atoms with Crippen LogP contribution in [0.2, 0.25) is 5.02 Å². The molecule has 0 saturated heterocycles. The van der Waals surface area contributed by atoms with Gasteiger partial charge in [0.25, 0.3) is 0 Å². The number of methoxy groups -OCH3 is 1. The number of halogens is 1. The molecule has 3 aromatic rings. The highest BCUT2D eigenvalue weighted by Gasteiger charge is 2.10. The first-order valence-electron chi connectivity index (χ1n) is 6.78. The van der Waals surface area contributed by atoms with E-state index in [1.807, 2.05) is 24.3 Å². The molecule has 0 radical (unpaired) electrons. The molecule has 0 unspecified atom stereocenters. The number of H-pyrrole nitrogens is 1. The highest BCUT2D eigenvalue weighted by molar-refractivity contribution is 6.32. The Morgan fingerprint density at radius 3 is 2.91 bits per heavy atom. The van der Waals surface area contributed by atoms with Gasteiger partial charge < -0.3 is 10.1 Å². The summed E-state index contributed by atoms with van der Waals surface area (Å²) < 4.78 is 5.33. The van der Waals surface area contributed by atoms with Crippen molar-refractivity contribution in [2.45, 2.75) is 6.54 Å². The Balaban J connectivity index is 1.82. The van der Waals surface area contributed by atoms with Gasteiger partial charge in [0.2, 0.25) is 0 Å². The number of ether oxygens (including phenoxy) is 1. The number of benzene rings is 1. The van der Waals surface area contributed by atoms with Gasteiger partial charge in [0, 0.05) is 30.1 Å². The summed E-state index contributed by atoms with van der Waals surface area (Å²) in [4.78, 5) is 4.13. The maximum Gasteiger partial charge on any atom is 0.160 e. The molecule has 22 heavy (non-hydrogen) atoms. The van der Waals surface area contributed by atoms with E-state index >= 15 is 0 Å². The molecule has 2 aromatic heterocycles. The van der Waals surface area contributed by atoms with E-state index < -0.39 is 0 Å². The number of pyridine rings is 1. The van der Waals surface area contributed by atoms with Crippen LogP contribution < -0.4 is 10.1 Å². The highest BCUT2D eigenvalue weighted by atomic mass is 35.5. The first kappa shape index (κ1) is 14.4. The van der Waals surface area contributed by atoms with Gasteiger partial charge >= 0.3 is 0 Å². The van der Waals surface area contributed by atoms with Gasteiger partial charge in [-0.05, 0) is 24.3 Å². The average Bonchev–Trinajstić information content (AvgIpc) is 3.02. The Labute approximate surface area is 133 Å². The van der Waals surface area contributed by atoms with Gasteiger partial charge in [-0.15, -0.1) is 0 Å². The van der Waals surface area contributed by atoms with Crippen LogP contribution in [0.1, 0.15) is 5.56 Å². The van der Waals surface area contributed by atoms with Crippen LogP contribution >= 0.6 is 11.6 Å². The molecular weight excluding hydrogens is 300 g/mol. The molecule has 0 bridgehead atoms. The zero-order valence-corrected chi connectivity index (χ0v) is 12.8. The molecule has 2 heterocycles. The molecule has 0 aliphatic carbocycles. The van der Waals surface area contributed by atoms with E-state index in [2.05, 4.69) is 20.5 Å². The molecular formula is C16H15ClN4O. The number of rotatable bonds is 5. The second kappa shape index (κ2) is 6.49. The predicted octanol–water partition coefficient (Wildman–Crippen LogP) is 3.75. The zero-order chi connectivity index (χ0) is 15.4. The van der Waals surface area contributed by atoms with Gasteiger partial charge in [0.05, 0.1) is 29.7 Å². The topological polar surface area (TPSA) is 62.8 Å². The monoisotopic (exact) mass is 314 g/mol. The van der Waals surface area contributed by atoms with Gasteiger partial charge in [-0.1, -0.05) is 17.7 Å². The second-order valence-electron chi connectivity index (χ2n) is 4.69. The lowest BCUT2D eigenvalue weighted by atomic mass is 10.1. The minimum absolute atomic E-state index is 0.576. The Bertz CT molecular complexity index is 758. The van der Waals surface area contributed by atoms with E-state index in [0.717, 1.165) is 22.5 Å². The molecule has 6 heteroatoms. The molecule has 3 rings (SSSR count). The number of hydrogen-bond donors (Lipinski definition) is 2. The Hall–Kier alpha value is -2.53. The maximum absolute atomic E-state index is 6.13. The average molecular weight is 315 g/mol. The smallest absolute Gasteiger partial charge is 0.160 e. The Morgan fingerprint density at radius 2 is 2.14 bits per heavy atom. The van der Waals surface area contributed by atoms with E-state index in [1.54, 1.807) is 31.8 Å². The van der Waals surface area contributed by atoms with Crippen molar-refractivity contribution < 1.29 is 4.74 Å². The Morgan fingerprint density at radius 1 is 1.23 bits per heavy atom. The molecule has 0 aliphatic heterocycles. The van der Waals surface area contributed by atoms with Crippen molar-refractivity contribution in [2.75, 3.05) is 12.4 Å². The van der Waals surface area contributed by atoms with Crippen LogP contribution in [-0.2, 0) is 6.54 Å². The third-order valence-electron chi connectivity index (χ3n) is 3.31. The van der Waals surface area contributed by atoms with E-state index in [1.165, 1.54) is 0 Å². The van der Waals surface area contributed by atoms with Crippen LogP contribution in [0.25, 0.3) is 11.3 Å². The summed E-state index contributed by atoms with van der Waals surface area (Å²) in [5.41, 5.74) is 3.82. The van der Waals surface area contributed by atoms with Gasteiger partial charge in [-0.3, -0.25) is 10.1 Å². The van der Waals surface area contributed by atoms with Crippen molar-refractivity contribution in [3.8, 4) is 17.0 Å². The minimum Gasteiger partial charge on any atom is -0.493 e. The highest BCUT2D eigenvalue weighted by Crippen LogP contribution is 2.33. The third-order valence-corrected chi connectivity index (χ3v) is 3.61. The molecule has 0 fully saturated rings. The molecule has 0 atom stereocenters. The third kappa shape index (κ3) is 2.89. The SMILES string of the molecule is COc1c(Cl)cccc1NCc1cn[nH]c1-c1cccnc1. The first-order valence-corrected chi connectivity index (χ1v) is 7.16. The number of para-hydroxylation sites is 1. The van der Waals surface area contributed by atoms with Crippen LogP contribution in [0, 0.1) is 0 Å². The van der Waals surface area contributed by atoms with Gasteiger partial charge in [-0.25, -0.2) is 0 Å². The standard InChI is InChI=1S/C16H15ClN4O/c1-22-16-13(17)5-2-6-14(16)19-9-12-10-20-21-15(12)11-4-3-7-18-8-11/h2-8,10,19H,9H2,1H3,(H,20,21). The van der Waals surface area contributed by atoms with E-state index in [9.17, 15) is 0 Å². The van der Waals surface area contributed by atoms with Crippen molar-refractivity contribution in [1.29, 1.82) is 0 Å². The van der Waals surface area contributed by atoms with Crippen LogP contribution in [0.5, 0.6) is 5.75 Å². The van der Waals surface area contributed by atoms with Crippen LogP contribution in [0.3, 0.4) is 0 Å². The normalized spacial score (nSPS) is 10.5.